The molecular weight excluding hydrogens is 597 g/mol. The fraction of sp³-hybridized carbons (Fsp3) is 0. The average molecular weight is 652 g/mol. The normalized spacial score (nSPS) is 19.4. The Labute approximate surface area is 320 Å². The molecule has 0 bridgehead atoms. The van der Waals surface area contributed by atoms with Crippen molar-refractivity contribution in [2.24, 2.45) is 0 Å². The van der Waals surface area contributed by atoms with E-state index in [1.54, 1.807) is 0 Å². The average Bonchev–Trinajstić information content (AvgIpc) is 3.90. The van der Waals surface area contributed by atoms with Crippen LogP contribution in [0.25, 0.3) is 99.3 Å². The summed E-state index contributed by atoms with van der Waals surface area (Å²) in [5, 5.41) is -3.45. The summed E-state index contributed by atoms with van der Waals surface area (Å²) in [5.41, 5.74) is -6.37. The fourth-order valence-electron chi connectivity index (χ4n) is 5.53. The van der Waals surface area contributed by atoms with Gasteiger partial charge in [-0.25, -0.2) is 9.97 Å². The monoisotopic (exact) mass is 651 g/mol. The Kier molecular flexibility index (Phi) is 2.66. The SMILES string of the molecule is [2H]c1cc(-c2c([2H])c([2H])c3oc4c(-c5c([2H])c([2H])c([2H])c([2H])c5[2H])nc(-c5c([2H])c([2H])c([2H])c([2H])c5[2H])nc4c3c2[2H])c([2H])c(-c2c([2H])c([2H])c3c4c([2H])c([2H])c([2H])c([2H])c4c4c([2H])c([2H])c([2H])c([2H])c4c3c2[2H])c1[2H]. The molecule has 0 saturated carbocycles. The van der Waals surface area contributed by atoms with Crippen LogP contribution in [0.5, 0.6) is 0 Å². The highest BCUT2D eigenvalue weighted by molar-refractivity contribution is 6.25. The molecule has 0 aliphatic rings. The van der Waals surface area contributed by atoms with Crippen LogP contribution in [0.3, 0.4) is 0 Å². The molecular formula is C46H28N2O. The molecule has 3 nitrogen and oxygen atoms in total. The molecule has 2 aromatic heterocycles. The number of aromatic nitrogens is 2. The van der Waals surface area contributed by atoms with Crippen molar-refractivity contribution in [1.82, 2.24) is 9.97 Å². The van der Waals surface area contributed by atoms with Crippen molar-refractivity contribution in [3.8, 4) is 44.9 Å². The first-order valence-electron chi connectivity index (χ1n) is 27.9. The first-order valence-corrected chi connectivity index (χ1v) is 14.4. The summed E-state index contributed by atoms with van der Waals surface area (Å²) in [6.07, 6.45) is 0. The number of hydrogen-bond donors (Lipinski definition) is 0. The maximum absolute atomic E-state index is 9.71. The molecule has 0 amide bonds. The van der Waals surface area contributed by atoms with E-state index in [2.05, 4.69) is 9.97 Å². The van der Waals surface area contributed by atoms with Gasteiger partial charge in [0.2, 0.25) is 0 Å². The quantitative estimate of drug-likeness (QED) is 0.178. The van der Waals surface area contributed by atoms with Crippen LogP contribution in [0.15, 0.2) is 174 Å². The minimum absolute atomic E-state index is 0.441. The van der Waals surface area contributed by atoms with Gasteiger partial charge in [0.05, 0.1) is 37.0 Å². The van der Waals surface area contributed by atoms with E-state index in [-0.39, 0.29) is 0 Å². The summed E-state index contributed by atoms with van der Waals surface area (Å²) < 4.78 is 245. The third kappa shape index (κ3) is 4.51. The van der Waals surface area contributed by atoms with E-state index in [4.69, 9.17) is 31.8 Å². The lowest BCUT2D eigenvalue weighted by atomic mass is 9.91. The third-order valence-corrected chi connectivity index (χ3v) is 7.68. The third-order valence-electron chi connectivity index (χ3n) is 7.68. The Morgan fingerprint density at radius 3 is 1.63 bits per heavy atom. The van der Waals surface area contributed by atoms with Gasteiger partial charge < -0.3 is 4.42 Å². The summed E-state index contributed by atoms with van der Waals surface area (Å²) in [5.74, 6) is -0.707. The van der Waals surface area contributed by atoms with Gasteiger partial charge in [0.25, 0.3) is 0 Å². The van der Waals surface area contributed by atoms with Crippen LogP contribution in [0.2, 0.25) is 0 Å². The minimum Gasteiger partial charge on any atom is -0.452 e. The lowest BCUT2D eigenvalue weighted by molar-refractivity contribution is 0.667. The molecule has 3 heteroatoms. The summed E-state index contributed by atoms with van der Waals surface area (Å²) in [7, 11) is 0. The van der Waals surface area contributed by atoms with Crippen LogP contribution in [0.1, 0.15) is 37.0 Å². The molecule has 0 saturated heterocycles. The molecule has 8 aromatic carbocycles. The van der Waals surface area contributed by atoms with Crippen LogP contribution >= 0.6 is 0 Å². The van der Waals surface area contributed by atoms with Crippen molar-refractivity contribution < 1.29 is 41.4 Å². The standard InChI is InChI=1S/C46H28N2O/c1-3-12-29(13-4-1)43-45-44(48-46(47-43)30-14-5-2-6-15-30)41-28-34(23-25-42(41)49-45)32-17-11-16-31(26-32)33-22-24-39-37-20-8-7-18-35(37)36-19-9-10-21-38(36)40(39)27-33/h1-28H/i1D,2D,3D,4D,5D,6D,7D,8D,9D,10D,11D,12D,13D,14D,15D,16D,18D,19D,20D,21D,22D,23D,24D,25D,26D,27D,28D. The fourth-order valence-corrected chi connectivity index (χ4v) is 5.53. The lowest BCUT2D eigenvalue weighted by Gasteiger charge is -2.12. The first kappa shape index (κ1) is 11.8. The summed E-state index contributed by atoms with van der Waals surface area (Å²) in [6.45, 7) is 0. The number of nitrogens with zero attached hydrogens (tertiary/aromatic N) is 2. The van der Waals surface area contributed by atoms with Crippen molar-refractivity contribution in [2.75, 3.05) is 0 Å². The van der Waals surface area contributed by atoms with Crippen molar-refractivity contribution in [3.05, 3.63) is 169 Å². The largest absolute Gasteiger partial charge is 0.452 e. The first-order chi connectivity index (χ1) is 35.5. The molecule has 0 radical (unpaired) electrons. The van der Waals surface area contributed by atoms with E-state index in [0.717, 1.165) is 6.07 Å². The zero-order chi connectivity index (χ0) is 55.8. The molecule has 228 valence electrons. The van der Waals surface area contributed by atoms with Gasteiger partial charge in [-0.05, 0) is 78.7 Å². The topological polar surface area (TPSA) is 38.9 Å². The van der Waals surface area contributed by atoms with Gasteiger partial charge in [-0.1, -0.05) is 145 Å². The molecule has 0 aliphatic carbocycles. The Morgan fingerprint density at radius 1 is 0.388 bits per heavy atom. The summed E-state index contributed by atoms with van der Waals surface area (Å²) in [6, 6.07) is -21.7. The molecule has 0 fully saturated rings. The number of rotatable bonds is 4. The summed E-state index contributed by atoms with van der Waals surface area (Å²) >= 11 is 0. The maximum atomic E-state index is 9.71. The lowest BCUT2D eigenvalue weighted by Crippen LogP contribution is -1.93. The van der Waals surface area contributed by atoms with Crippen LogP contribution in [-0.2, 0) is 0 Å². The van der Waals surface area contributed by atoms with E-state index in [0.29, 0.717) is 0 Å². The molecule has 0 spiro atoms. The molecule has 2 heterocycles. The smallest absolute Gasteiger partial charge is 0.180 e. The van der Waals surface area contributed by atoms with Crippen molar-refractivity contribution in [3.63, 3.8) is 0 Å². The van der Waals surface area contributed by atoms with Crippen LogP contribution < -0.4 is 0 Å². The molecule has 0 atom stereocenters. The van der Waals surface area contributed by atoms with E-state index in [1.165, 1.54) is 0 Å². The number of fused-ring (bicyclic) bond motifs is 9. The Bertz CT molecular complexity index is 4340. The predicted octanol–water partition coefficient (Wildman–Crippen LogP) is 12.5. The number of furan rings is 1. The van der Waals surface area contributed by atoms with Gasteiger partial charge in [0.15, 0.2) is 11.4 Å². The molecule has 0 aliphatic heterocycles. The highest BCUT2D eigenvalue weighted by atomic mass is 16.3. The molecule has 10 rings (SSSR count). The van der Waals surface area contributed by atoms with E-state index >= 15 is 0 Å². The highest BCUT2D eigenvalue weighted by Gasteiger charge is 2.19. The maximum Gasteiger partial charge on any atom is 0.180 e. The molecule has 0 N–H and O–H groups in total. The van der Waals surface area contributed by atoms with E-state index in [1.807, 2.05) is 0 Å². The van der Waals surface area contributed by atoms with Gasteiger partial charge in [-0.15, -0.1) is 0 Å². The van der Waals surface area contributed by atoms with Gasteiger partial charge in [0, 0.05) is 16.5 Å². The number of benzene rings is 8. The Morgan fingerprint density at radius 2 is 0.918 bits per heavy atom. The molecule has 0 unspecified atom stereocenters. The Hall–Kier alpha value is -6.58. The highest BCUT2D eigenvalue weighted by Crippen LogP contribution is 2.40. The van der Waals surface area contributed by atoms with Crippen molar-refractivity contribution >= 4 is 54.4 Å². The zero-order valence-electron chi connectivity index (χ0n) is 51.4. The van der Waals surface area contributed by atoms with Crippen molar-refractivity contribution in [2.45, 2.75) is 0 Å². The predicted molar refractivity (Wildman–Crippen MR) is 204 cm³/mol. The Balaban J connectivity index is 1.35. The van der Waals surface area contributed by atoms with Gasteiger partial charge >= 0.3 is 0 Å². The second-order valence-corrected chi connectivity index (χ2v) is 10.5. The minimum atomic E-state index is -0.948. The summed E-state index contributed by atoms with van der Waals surface area (Å²) in [4.78, 5) is 8.79. The van der Waals surface area contributed by atoms with Crippen LogP contribution in [0.4, 0.5) is 0 Å². The van der Waals surface area contributed by atoms with Gasteiger partial charge in [-0.2, -0.15) is 0 Å². The van der Waals surface area contributed by atoms with E-state index < -0.39 is 262 Å². The van der Waals surface area contributed by atoms with Crippen LogP contribution in [0, 0.1) is 0 Å². The zero-order valence-corrected chi connectivity index (χ0v) is 24.4. The van der Waals surface area contributed by atoms with Gasteiger partial charge in [-0.3, -0.25) is 0 Å². The second-order valence-electron chi connectivity index (χ2n) is 10.5. The molecule has 49 heavy (non-hydrogen) atoms. The number of hydrogen-bond acceptors (Lipinski definition) is 3. The van der Waals surface area contributed by atoms with E-state index in [9.17, 15) is 9.60 Å². The molecule has 10 aromatic rings. The van der Waals surface area contributed by atoms with Gasteiger partial charge in [0.1, 0.15) is 16.8 Å². The van der Waals surface area contributed by atoms with Crippen molar-refractivity contribution in [1.29, 1.82) is 0 Å². The second kappa shape index (κ2) is 11.0. The van der Waals surface area contributed by atoms with Crippen LogP contribution in [-0.4, -0.2) is 9.97 Å².